The summed E-state index contributed by atoms with van der Waals surface area (Å²) in [4.78, 5) is 33.9. The Hall–Kier alpha value is -2.87. The predicted molar refractivity (Wildman–Crippen MR) is 123 cm³/mol. The number of nitrogens with zero attached hydrogens (tertiary/aromatic N) is 2. The molecule has 0 fully saturated rings. The van der Waals surface area contributed by atoms with E-state index in [1.165, 1.54) is 23.1 Å². The van der Waals surface area contributed by atoms with Crippen LogP contribution in [0.3, 0.4) is 0 Å². The van der Waals surface area contributed by atoms with Crippen molar-refractivity contribution >= 4 is 63.6 Å². The number of anilines is 1. The second-order valence-corrected chi connectivity index (χ2v) is 8.24. The zero-order valence-electron chi connectivity index (χ0n) is 15.8. The molecule has 0 radical (unpaired) electrons. The maximum absolute atomic E-state index is 14.5. The fourth-order valence-electron chi connectivity index (χ4n) is 2.91. The van der Waals surface area contributed by atoms with E-state index in [2.05, 4.69) is 9.98 Å². The van der Waals surface area contributed by atoms with E-state index in [0.29, 0.717) is 21.3 Å². The summed E-state index contributed by atoms with van der Waals surface area (Å²) in [6.45, 7) is 0. The number of aliphatic imine (C=N–C) groups is 1. The first-order chi connectivity index (χ1) is 14.9. The van der Waals surface area contributed by atoms with Gasteiger partial charge in [-0.1, -0.05) is 53.2 Å². The molecule has 0 atom stereocenters. The zero-order chi connectivity index (χ0) is 22.0. The van der Waals surface area contributed by atoms with Crippen LogP contribution in [0.4, 0.5) is 10.1 Å². The lowest BCUT2D eigenvalue weighted by molar-refractivity contribution is -0.113. The van der Waals surface area contributed by atoms with Crippen LogP contribution in [0.15, 0.2) is 71.5 Å². The number of aromatic amines is 1. The van der Waals surface area contributed by atoms with Gasteiger partial charge in [0.2, 0.25) is 0 Å². The van der Waals surface area contributed by atoms with Crippen LogP contribution in [-0.2, 0) is 4.79 Å². The van der Waals surface area contributed by atoms with Crippen molar-refractivity contribution in [1.29, 1.82) is 0 Å². The lowest BCUT2D eigenvalue weighted by atomic mass is 10.2. The summed E-state index contributed by atoms with van der Waals surface area (Å²) in [7, 11) is 0. The summed E-state index contributed by atoms with van der Waals surface area (Å²) in [6, 6.07) is 14.2. The Morgan fingerprint density at radius 2 is 1.94 bits per heavy atom. The molecular formula is C22H14Cl2FN3O2S. The molecule has 0 bridgehead atoms. The number of benzene rings is 2. The maximum Gasteiger partial charge on any atom is 0.283 e. The molecule has 2 aromatic carbocycles. The molecule has 31 heavy (non-hydrogen) atoms. The Bertz CT molecular complexity index is 1230. The normalized spacial score (nSPS) is 14.9. The fraction of sp³-hybridized carbons (Fsp3) is 0.0455. The van der Waals surface area contributed by atoms with Crippen LogP contribution in [-0.4, -0.2) is 27.6 Å². The van der Waals surface area contributed by atoms with E-state index < -0.39 is 11.7 Å². The molecule has 5 nitrogen and oxygen atoms in total. The monoisotopic (exact) mass is 473 g/mol. The molecule has 0 spiro atoms. The number of carbonyl (C=O) groups excluding carboxylic acids is 2. The number of aromatic nitrogens is 1. The summed E-state index contributed by atoms with van der Waals surface area (Å²) in [5.41, 5.74) is 1.21. The smallest absolute Gasteiger partial charge is 0.283 e. The summed E-state index contributed by atoms with van der Waals surface area (Å²) < 4.78 is 14.5. The number of hydrogen-bond donors (Lipinski definition) is 1. The number of H-pyrrole nitrogens is 1. The molecule has 0 unspecified atom stereocenters. The Labute approximate surface area is 191 Å². The van der Waals surface area contributed by atoms with Crippen molar-refractivity contribution in [3.63, 3.8) is 0 Å². The highest BCUT2D eigenvalue weighted by molar-refractivity contribution is 8.14. The maximum atomic E-state index is 14.5. The number of rotatable bonds is 5. The van der Waals surface area contributed by atoms with Crippen molar-refractivity contribution in [2.24, 2.45) is 4.99 Å². The molecule has 0 aliphatic carbocycles. The minimum Gasteiger partial charge on any atom is -0.359 e. The van der Waals surface area contributed by atoms with Crippen molar-refractivity contribution in [1.82, 2.24) is 4.98 Å². The number of amides is 1. The third-order valence-corrected chi connectivity index (χ3v) is 6.08. The average molecular weight is 474 g/mol. The van der Waals surface area contributed by atoms with Crippen LogP contribution >= 0.6 is 35.0 Å². The summed E-state index contributed by atoms with van der Waals surface area (Å²) in [5, 5.41) is 0.931. The number of halogens is 3. The number of para-hydroxylation sites is 1. The van der Waals surface area contributed by atoms with Crippen LogP contribution in [0.25, 0.3) is 6.08 Å². The number of hydrogen-bond acceptors (Lipinski definition) is 4. The van der Waals surface area contributed by atoms with Gasteiger partial charge in [-0.2, -0.15) is 0 Å². The number of nitrogens with one attached hydrogen (secondary N) is 1. The molecule has 9 heteroatoms. The van der Waals surface area contributed by atoms with Gasteiger partial charge in [-0.05, 0) is 48.0 Å². The quantitative estimate of drug-likeness (QED) is 0.374. The van der Waals surface area contributed by atoms with Crippen molar-refractivity contribution < 1.29 is 14.0 Å². The second kappa shape index (κ2) is 9.09. The van der Waals surface area contributed by atoms with Gasteiger partial charge >= 0.3 is 0 Å². The van der Waals surface area contributed by atoms with Gasteiger partial charge in [-0.25, -0.2) is 9.38 Å². The zero-order valence-corrected chi connectivity index (χ0v) is 18.1. The van der Waals surface area contributed by atoms with Crippen LogP contribution in [0, 0.1) is 5.82 Å². The van der Waals surface area contributed by atoms with Crippen molar-refractivity contribution in [2.45, 2.75) is 0 Å². The molecule has 1 amide bonds. The lowest BCUT2D eigenvalue weighted by Gasteiger charge is -2.18. The Morgan fingerprint density at radius 3 is 2.65 bits per heavy atom. The molecule has 156 valence electrons. The largest absolute Gasteiger partial charge is 0.359 e. The minimum absolute atomic E-state index is 0.0254. The predicted octanol–water partition coefficient (Wildman–Crippen LogP) is 5.82. The van der Waals surface area contributed by atoms with Crippen LogP contribution in [0.5, 0.6) is 0 Å². The summed E-state index contributed by atoms with van der Waals surface area (Å²) in [6.07, 6.45) is 3.19. The van der Waals surface area contributed by atoms with Gasteiger partial charge in [0, 0.05) is 6.20 Å². The van der Waals surface area contributed by atoms with Gasteiger partial charge in [0.25, 0.3) is 5.91 Å². The molecule has 1 aromatic heterocycles. The fourth-order valence-corrected chi connectivity index (χ4v) is 4.11. The van der Waals surface area contributed by atoms with Gasteiger partial charge < -0.3 is 4.98 Å². The van der Waals surface area contributed by atoms with Gasteiger partial charge in [0.1, 0.15) is 11.5 Å². The second-order valence-electron chi connectivity index (χ2n) is 6.49. The van der Waals surface area contributed by atoms with Crippen LogP contribution in [0.2, 0.25) is 10.0 Å². The van der Waals surface area contributed by atoms with Gasteiger partial charge in [0.05, 0.1) is 27.2 Å². The molecule has 0 saturated heterocycles. The molecule has 1 aliphatic heterocycles. The molecular weight excluding hydrogens is 460 g/mol. The van der Waals surface area contributed by atoms with Gasteiger partial charge in [0.15, 0.2) is 11.0 Å². The number of carbonyl (C=O) groups is 2. The van der Waals surface area contributed by atoms with Crippen molar-refractivity contribution in [3.8, 4) is 0 Å². The van der Waals surface area contributed by atoms with E-state index in [-0.39, 0.29) is 28.1 Å². The topological polar surface area (TPSA) is 65.5 Å². The molecule has 2 heterocycles. The molecule has 3 aromatic rings. The van der Waals surface area contributed by atoms with E-state index in [0.717, 1.165) is 11.8 Å². The lowest BCUT2D eigenvalue weighted by Crippen LogP contribution is -2.31. The highest BCUT2D eigenvalue weighted by Crippen LogP contribution is 2.32. The molecule has 4 rings (SSSR count). The minimum atomic E-state index is -0.573. The number of Topliss-reactive ketones (excluding diaryl/α,β-unsaturated/α-hetero) is 1. The number of amidine groups is 1. The van der Waals surface area contributed by atoms with Crippen LogP contribution in [0.1, 0.15) is 16.1 Å². The van der Waals surface area contributed by atoms with E-state index in [1.807, 2.05) is 0 Å². The van der Waals surface area contributed by atoms with E-state index in [9.17, 15) is 14.0 Å². The van der Waals surface area contributed by atoms with Gasteiger partial charge in [-0.3, -0.25) is 14.5 Å². The first kappa shape index (κ1) is 21.4. The van der Waals surface area contributed by atoms with Crippen LogP contribution < -0.4 is 4.90 Å². The molecule has 0 saturated carbocycles. The average Bonchev–Trinajstić information content (AvgIpc) is 3.39. The SMILES string of the molecule is O=C(CSC1=N/C(=C/c2ccc(Cl)c(Cl)c2)C(=O)N1c1ccccc1F)c1ccc[nH]1. The Morgan fingerprint density at radius 1 is 1.13 bits per heavy atom. The third-order valence-electron chi connectivity index (χ3n) is 4.40. The summed E-state index contributed by atoms with van der Waals surface area (Å²) in [5.74, 6) is -1.22. The van der Waals surface area contributed by atoms with Crippen molar-refractivity contribution in [3.05, 3.63) is 93.6 Å². The third kappa shape index (κ3) is 4.58. The summed E-state index contributed by atoms with van der Waals surface area (Å²) >= 11 is 13.1. The van der Waals surface area contributed by atoms with E-state index >= 15 is 0 Å². The molecule has 1 aliphatic rings. The van der Waals surface area contributed by atoms with E-state index in [1.54, 1.807) is 48.7 Å². The molecule has 1 N–H and O–H groups in total. The van der Waals surface area contributed by atoms with Gasteiger partial charge in [-0.15, -0.1) is 0 Å². The first-order valence-corrected chi connectivity index (χ1v) is 10.8. The number of ketones is 1. The Kier molecular flexibility index (Phi) is 6.27. The van der Waals surface area contributed by atoms with Crippen molar-refractivity contribution in [2.75, 3.05) is 10.7 Å². The standard InChI is InChI=1S/C22H14Cl2FN3O2S/c23-14-8-7-13(10-15(14)24)11-18-21(30)28(19-6-2-1-4-16(19)25)22(27-18)31-12-20(29)17-5-3-9-26-17/h1-11,26H,12H2/b18-11+. The van der Waals surface area contributed by atoms with E-state index in [4.69, 9.17) is 23.2 Å². The Balaban J connectivity index is 1.67. The number of thioether (sulfide) groups is 1. The highest BCUT2D eigenvalue weighted by Gasteiger charge is 2.34. The highest BCUT2D eigenvalue weighted by atomic mass is 35.5. The first-order valence-electron chi connectivity index (χ1n) is 9.08.